The van der Waals surface area contributed by atoms with Crippen LogP contribution >= 0.6 is 0 Å². The Hall–Kier alpha value is -2.05. The maximum absolute atomic E-state index is 12.0. The van der Waals surface area contributed by atoms with E-state index in [-0.39, 0.29) is 18.0 Å². The van der Waals surface area contributed by atoms with Crippen molar-refractivity contribution >= 4 is 12.0 Å². The lowest BCUT2D eigenvalue weighted by atomic mass is 10.2. The van der Waals surface area contributed by atoms with E-state index in [4.69, 9.17) is 4.74 Å². The van der Waals surface area contributed by atoms with Gasteiger partial charge in [0.25, 0.3) is 0 Å². The van der Waals surface area contributed by atoms with E-state index in [1.807, 2.05) is 6.92 Å². The van der Waals surface area contributed by atoms with Crippen molar-refractivity contribution in [3.63, 3.8) is 0 Å². The van der Waals surface area contributed by atoms with E-state index in [2.05, 4.69) is 10.4 Å². The maximum Gasteiger partial charge on any atom is 0.409 e. The van der Waals surface area contributed by atoms with Crippen LogP contribution in [0, 0.1) is 0 Å². The summed E-state index contributed by atoms with van der Waals surface area (Å²) in [6, 6.07) is 1.48. The summed E-state index contributed by atoms with van der Waals surface area (Å²) >= 11 is 0. The molecule has 7 nitrogen and oxygen atoms in total. The zero-order chi connectivity index (χ0) is 13.7. The number of ether oxygens (including phenoxy) is 1. The molecule has 2 rings (SSSR count). The highest BCUT2D eigenvalue weighted by Gasteiger charge is 2.22. The number of hydrogen-bond acceptors (Lipinski definition) is 4. The number of amides is 2. The average Bonchev–Trinajstić information content (AvgIpc) is 3.03. The van der Waals surface area contributed by atoms with Gasteiger partial charge < -0.3 is 15.0 Å². The second kappa shape index (κ2) is 6.21. The van der Waals surface area contributed by atoms with Crippen LogP contribution in [-0.4, -0.2) is 52.9 Å². The predicted octanol–water partition coefficient (Wildman–Crippen LogP) is 0.403. The zero-order valence-electron chi connectivity index (χ0n) is 10.9. The minimum Gasteiger partial charge on any atom is -0.448 e. The number of carbonyl (C=O) groups is 2. The molecule has 0 aromatic carbocycles. The second-order valence-electron chi connectivity index (χ2n) is 4.30. The van der Waals surface area contributed by atoms with Crippen LogP contribution in [0.2, 0.25) is 0 Å². The fraction of sp³-hybridized carbons (Fsp3) is 0.583. The van der Waals surface area contributed by atoms with Crippen molar-refractivity contribution < 1.29 is 14.3 Å². The molecule has 0 saturated carbocycles. The third-order valence-electron chi connectivity index (χ3n) is 3.06. The summed E-state index contributed by atoms with van der Waals surface area (Å²) < 4.78 is 6.45. The van der Waals surface area contributed by atoms with Gasteiger partial charge in [0.1, 0.15) is 12.6 Å². The number of cyclic esters (lactones) is 1. The fourth-order valence-electron chi connectivity index (χ4n) is 2.02. The molecule has 1 saturated heterocycles. The van der Waals surface area contributed by atoms with Gasteiger partial charge in [0.05, 0.1) is 6.54 Å². The zero-order valence-corrected chi connectivity index (χ0v) is 10.9. The lowest BCUT2D eigenvalue weighted by molar-refractivity contribution is -0.124. The lowest BCUT2D eigenvalue weighted by Gasteiger charge is -2.17. The van der Waals surface area contributed by atoms with Crippen molar-refractivity contribution in [1.82, 2.24) is 20.0 Å². The van der Waals surface area contributed by atoms with Crippen LogP contribution in [0.4, 0.5) is 4.79 Å². The molecule has 1 N–H and O–H groups in total. The monoisotopic (exact) mass is 266 g/mol. The average molecular weight is 266 g/mol. The first-order chi connectivity index (χ1) is 9.22. The number of rotatable bonds is 6. The van der Waals surface area contributed by atoms with E-state index >= 15 is 0 Å². The number of nitrogens with zero attached hydrogens (tertiary/aromatic N) is 3. The van der Waals surface area contributed by atoms with Gasteiger partial charge in [-0.1, -0.05) is 6.92 Å². The summed E-state index contributed by atoms with van der Waals surface area (Å²) in [6.07, 6.45) is 3.77. The van der Waals surface area contributed by atoms with E-state index in [1.165, 1.54) is 0 Å². The maximum atomic E-state index is 12.0. The van der Waals surface area contributed by atoms with Crippen LogP contribution in [0.3, 0.4) is 0 Å². The molecule has 1 aromatic heterocycles. The topological polar surface area (TPSA) is 76.5 Å². The molecule has 19 heavy (non-hydrogen) atoms. The minimum absolute atomic E-state index is 0.0845. The Kier molecular flexibility index (Phi) is 4.38. The summed E-state index contributed by atoms with van der Waals surface area (Å²) in [6.45, 7) is 3.85. The Bertz CT molecular complexity index is 432. The van der Waals surface area contributed by atoms with Gasteiger partial charge in [-0.2, -0.15) is 5.10 Å². The van der Waals surface area contributed by atoms with E-state index in [0.717, 1.165) is 0 Å². The molecule has 1 atom stereocenters. The predicted molar refractivity (Wildman–Crippen MR) is 67.5 cm³/mol. The molecule has 2 amide bonds. The van der Waals surface area contributed by atoms with Crippen molar-refractivity contribution in [2.24, 2.45) is 0 Å². The molecule has 1 aliphatic rings. The Morgan fingerprint density at radius 3 is 3.05 bits per heavy atom. The fourth-order valence-corrected chi connectivity index (χ4v) is 2.02. The standard InChI is InChI=1S/C12H18N4O3/c1-2-10(16-6-3-4-14-16)11(17)13-5-7-15-8-9-19-12(15)18/h3-4,6,10H,2,5,7-9H2,1H3,(H,13,17)/t10-/m1/s1. The molecule has 0 bridgehead atoms. The summed E-state index contributed by atoms with van der Waals surface area (Å²) in [7, 11) is 0. The van der Waals surface area contributed by atoms with Crippen molar-refractivity contribution in [3.8, 4) is 0 Å². The molecule has 0 aliphatic carbocycles. The number of aromatic nitrogens is 2. The highest BCUT2D eigenvalue weighted by Crippen LogP contribution is 2.09. The van der Waals surface area contributed by atoms with E-state index in [9.17, 15) is 9.59 Å². The first kappa shape index (κ1) is 13.4. The van der Waals surface area contributed by atoms with Crippen molar-refractivity contribution in [3.05, 3.63) is 18.5 Å². The molecule has 1 aromatic rings. The van der Waals surface area contributed by atoms with Crippen molar-refractivity contribution in [2.75, 3.05) is 26.2 Å². The molecular weight excluding hydrogens is 248 g/mol. The molecule has 104 valence electrons. The summed E-state index contributed by atoms with van der Waals surface area (Å²) in [5.74, 6) is -0.0845. The largest absolute Gasteiger partial charge is 0.448 e. The quantitative estimate of drug-likeness (QED) is 0.808. The van der Waals surface area contributed by atoms with E-state index in [1.54, 1.807) is 28.0 Å². The molecule has 1 aliphatic heterocycles. The SMILES string of the molecule is CC[C@H](C(=O)NCCN1CCOC1=O)n1cccn1. The van der Waals surface area contributed by atoms with E-state index in [0.29, 0.717) is 32.7 Å². The lowest BCUT2D eigenvalue weighted by Crippen LogP contribution is -2.38. The summed E-state index contributed by atoms with van der Waals surface area (Å²) in [4.78, 5) is 24.8. The number of carbonyl (C=O) groups excluding carboxylic acids is 2. The first-order valence-electron chi connectivity index (χ1n) is 6.41. The molecular formula is C12H18N4O3. The minimum atomic E-state index is -0.312. The Morgan fingerprint density at radius 2 is 2.47 bits per heavy atom. The molecule has 0 unspecified atom stereocenters. The Labute approximate surface area is 111 Å². The van der Waals surface area contributed by atoms with Crippen LogP contribution in [-0.2, 0) is 9.53 Å². The Balaban J connectivity index is 1.78. The van der Waals surface area contributed by atoms with Crippen molar-refractivity contribution in [1.29, 1.82) is 0 Å². The third kappa shape index (κ3) is 3.24. The van der Waals surface area contributed by atoms with Gasteiger partial charge in [-0.15, -0.1) is 0 Å². The van der Waals surface area contributed by atoms with Crippen LogP contribution in [0.15, 0.2) is 18.5 Å². The number of nitrogens with one attached hydrogen (secondary N) is 1. The van der Waals surface area contributed by atoms with Crippen LogP contribution in [0.5, 0.6) is 0 Å². The molecule has 0 spiro atoms. The van der Waals surface area contributed by atoms with Gasteiger partial charge in [-0.05, 0) is 12.5 Å². The van der Waals surface area contributed by atoms with Gasteiger partial charge in [-0.3, -0.25) is 9.48 Å². The van der Waals surface area contributed by atoms with Crippen LogP contribution in [0.25, 0.3) is 0 Å². The third-order valence-corrected chi connectivity index (χ3v) is 3.06. The molecule has 2 heterocycles. The normalized spacial score (nSPS) is 16.3. The molecule has 1 fully saturated rings. The van der Waals surface area contributed by atoms with Gasteiger partial charge in [0, 0.05) is 25.5 Å². The molecule has 0 radical (unpaired) electrons. The van der Waals surface area contributed by atoms with Crippen LogP contribution in [0.1, 0.15) is 19.4 Å². The highest BCUT2D eigenvalue weighted by atomic mass is 16.6. The highest BCUT2D eigenvalue weighted by molar-refractivity contribution is 5.80. The first-order valence-corrected chi connectivity index (χ1v) is 6.41. The van der Waals surface area contributed by atoms with Gasteiger partial charge >= 0.3 is 6.09 Å². The summed E-state index contributed by atoms with van der Waals surface area (Å²) in [5, 5.41) is 6.90. The summed E-state index contributed by atoms with van der Waals surface area (Å²) in [5.41, 5.74) is 0. The van der Waals surface area contributed by atoms with Gasteiger partial charge in [-0.25, -0.2) is 4.79 Å². The van der Waals surface area contributed by atoms with E-state index < -0.39 is 0 Å². The van der Waals surface area contributed by atoms with Crippen molar-refractivity contribution in [2.45, 2.75) is 19.4 Å². The van der Waals surface area contributed by atoms with Gasteiger partial charge in [0.2, 0.25) is 5.91 Å². The van der Waals surface area contributed by atoms with Gasteiger partial charge in [0.15, 0.2) is 0 Å². The smallest absolute Gasteiger partial charge is 0.409 e. The Morgan fingerprint density at radius 1 is 1.63 bits per heavy atom. The second-order valence-corrected chi connectivity index (χ2v) is 4.30. The van der Waals surface area contributed by atoms with Crippen LogP contribution < -0.4 is 5.32 Å². The molecule has 7 heteroatoms. The number of hydrogen-bond donors (Lipinski definition) is 1.